The van der Waals surface area contributed by atoms with E-state index < -0.39 is 6.17 Å². The van der Waals surface area contributed by atoms with Gasteiger partial charge in [-0.15, -0.1) is 0 Å². The van der Waals surface area contributed by atoms with Crippen LogP contribution in [-0.2, 0) is 6.42 Å². The average molecular weight is 267 g/mol. The first-order valence-electron chi connectivity index (χ1n) is 6.74. The maximum Gasteiger partial charge on any atom is 0.119 e. The highest BCUT2D eigenvalue weighted by Crippen LogP contribution is 2.19. The quantitative estimate of drug-likeness (QED) is 0.798. The van der Waals surface area contributed by atoms with E-state index in [9.17, 15) is 4.39 Å². The Morgan fingerprint density at radius 3 is 3.11 bits per heavy atom. The average Bonchev–Trinajstić information content (AvgIpc) is 2.41. The van der Waals surface area contributed by atoms with Crippen molar-refractivity contribution < 1.29 is 9.13 Å². The van der Waals surface area contributed by atoms with E-state index in [1.165, 1.54) is 0 Å². The molecule has 1 aromatic carbocycles. The largest absolute Gasteiger partial charge is 0.497 e. The number of hydrazine groups is 1. The summed E-state index contributed by atoms with van der Waals surface area (Å²) in [5, 5.41) is 1.96. The minimum Gasteiger partial charge on any atom is -0.497 e. The second-order valence-electron chi connectivity index (χ2n) is 4.91. The van der Waals surface area contributed by atoms with Crippen LogP contribution >= 0.6 is 0 Å². The van der Waals surface area contributed by atoms with E-state index in [-0.39, 0.29) is 0 Å². The lowest BCUT2D eigenvalue weighted by Crippen LogP contribution is -2.46. The molecule has 0 radical (unpaired) electrons. The molecule has 1 saturated heterocycles. The predicted octanol–water partition coefficient (Wildman–Crippen LogP) is 1.76. The fourth-order valence-electron chi connectivity index (χ4n) is 2.34. The standard InChI is InChI=1S/C14H22FN3O/c1-19-13-4-5-14(16)11(9-13)6-7-17-18-8-2-3-12(15)10-18/h4-5,9,12,17H,2-3,6-8,10,16H2,1H3. The fraction of sp³-hybridized carbons (Fsp3) is 0.571. The maximum atomic E-state index is 13.2. The number of nitrogens with zero attached hydrogens (tertiary/aromatic N) is 1. The van der Waals surface area contributed by atoms with Crippen LogP contribution in [0.3, 0.4) is 0 Å². The molecule has 1 aliphatic heterocycles. The fourth-order valence-corrected chi connectivity index (χ4v) is 2.34. The maximum absolute atomic E-state index is 13.2. The molecule has 0 amide bonds. The predicted molar refractivity (Wildman–Crippen MR) is 74.8 cm³/mol. The topological polar surface area (TPSA) is 50.5 Å². The minimum atomic E-state index is -0.705. The highest BCUT2D eigenvalue weighted by molar-refractivity contribution is 5.50. The van der Waals surface area contributed by atoms with Crippen molar-refractivity contribution in [1.82, 2.24) is 10.4 Å². The van der Waals surface area contributed by atoms with Crippen LogP contribution in [0.5, 0.6) is 5.75 Å². The minimum absolute atomic E-state index is 0.480. The van der Waals surface area contributed by atoms with Crippen LogP contribution in [0.15, 0.2) is 18.2 Å². The molecular weight excluding hydrogens is 245 g/mol. The molecule has 1 heterocycles. The number of piperidine rings is 1. The molecule has 0 aliphatic carbocycles. The third-order valence-electron chi connectivity index (χ3n) is 3.44. The second-order valence-corrected chi connectivity index (χ2v) is 4.91. The molecule has 106 valence electrons. The van der Waals surface area contributed by atoms with Gasteiger partial charge >= 0.3 is 0 Å². The first kappa shape index (κ1) is 14.1. The Kier molecular flexibility index (Phi) is 4.99. The van der Waals surface area contributed by atoms with E-state index >= 15 is 0 Å². The number of alkyl halides is 1. The number of hydrogen-bond acceptors (Lipinski definition) is 4. The van der Waals surface area contributed by atoms with Crippen LogP contribution in [0.2, 0.25) is 0 Å². The third-order valence-corrected chi connectivity index (χ3v) is 3.44. The molecule has 5 heteroatoms. The summed E-state index contributed by atoms with van der Waals surface area (Å²) in [5.41, 5.74) is 11.0. The van der Waals surface area contributed by atoms with Gasteiger partial charge in [-0.25, -0.2) is 9.40 Å². The van der Waals surface area contributed by atoms with Gasteiger partial charge in [0, 0.05) is 25.3 Å². The van der Waals surface area contributed by atoms with E-state index in [0.29, 0.717) is 13.0 Å². The third kappa shape index (κ3) is 4.08. The summed E-state index contributed by atoms with van der Waals surface area (Å²) in [5.74, 6) is 0.811. The second kappa shape index (κ2) is 6.73. The van der Waals surface area contributed by atoms with Gasteiger partial charge in [0.2, 0.25) is 0 Å². The Morgan fingerprint density at radius 1 is 1.53 bits per heavy atom. The molecule has 1 fully saturated rings. The van der Waals surface area contributed by atoms with Crippen molar-refractivity contribution in [1.29, 1.82) is 0 Å². The number of anilines is 1. The number of nitrogens with one attached hydrogen (secondary N) is 1. The molecule has 1 aliphatic rings. The van der Waals surface area contributed by atoms with Crippen molar-refractivity contribution in [3.63, 3.8) is 0 Å². The molecule has 0 spiro atoms. The van der Waals surface area contributed by atoms with Crippen molar-refractivity contribution in [2.24, 2.45) is 0 Å². The summed E-state index contributed by atoms with van der Waals surface area (Å²) in [7, 11) is 1.64. The molecule has 0 saturated carbocycles. The zero-order valence-electron chi connectivity index (χ0n) is 11.4. The molecular formula is C14H22FN3O. The molecule has 19 heavy (non-hydrogen) atoms. The number of nitrogens with two attached hydrogens (primary N) is 1. The zero-order chi connectivity index (χ0) is 13.7. The summed E-state index contributed by atoms with van der Waals surface area (Å²) >= 11 is 0. The Morgan fingerprint density at radius 2 is 2.37 bits per heavy atom. The smallest absolute Gasteiger partial charge is 0.119 e. The van der Waals surface area contributed by atoms with Gasteiger partial charge in [0.15, 0.2) is 0 Å². The lowest BCUT2D eigenvalue weighted by molar-refractivity contribution is 0.0925. The molecule has 0 bridgehead atoms. The highest BCUT2D eigenvalue weighted by atomic mass is 19.1. The van der Waals surface area contributed by atoms with Crippen LogP contribution in [0.25, 0.3) is 0 Å². The summed E-state index contributed by atoms with van der Waals surface area (Å²) < 4.78 is 18.4. The number of benzene rings is 1. The normalized spacial score (nSPS) is 20.4. The van der Waals surface area contributed by atoms with Gasteiger partial charge < -0.3 is 10.5 Å². The highest BCUT2D eigenvalue weighted by Gasteiger charge is 2.18. The molecule has 3 N–H and O–H groups in total. The van der Waals surface area contributed by atoms with Crippen molar-refractivity contribution in [3.05, 3.63) is 23.8 Å². The van der Waals surface area contributed by atoms with Gasteiger partial charge in [0.25, 0.3) is 0 Å². The van der Waals surface area contributed by atoms with Crippen LogP contribution in [-0.4, -0.2) is 37.9 Å². The SMILES string of the molecule is COc1ccc(N)c(CCNN2CCCC(F)C2)c1. The summed E-state index contributed by atoms with van der Waals surface area (Å²) in [4.78, 5) is 0. The molecule has 1 unspecified atom stereocenters. The van der Waals surface area contributed by atoms with E-state index in [1.54, 1.807) is 7.11 Å². The Balaban J connectivity index is 1.81. The van der Waals surface area contributed by atoms with Crippen LogP contribution in [0.1, 0.15) is 18.4 Å². The van der Waals surface area contributed by atoms with Crippen molar-refractivity contribution in [3.8, 4) is 5.75 Å². The molecule has 1 atom stereocenters. The number of nitrogen functional groups attached to an aromatic ring is 1. The first-order valence-corrected chi connectivity index (χ1v) is 6.74. The van der Waals surface area contributed by atoms with Gasteiger partial charge in [-0.05, 0) is 43.0 Å². The van der Waals surface area contributed by atoms with E-state index in [2.05, 4.69) is 5.43 Å². The van der Waals surface area contributed by atoms with Gasteiger partial charge in [-0.2, -0.15) is 0 Å². The zero-order valence-corrected chi connectivity index (χ0v) is 11.4. The number of ether oxygens (including phenoxy) is 1. The summed E-state index contributed by atoms with van der Waals surface area (Å²) in [6.45, 7) is 2.14. The Hall–Kier alpha value is -1.33. The molecule has 2 rings (SSSR count). The first-order chi connectivity index (χ1) is 9.19. The lowest BCUT2D eigenvalue weighted by Gasteiger charge is -2.29. The number of hydrogen-bond donors (Lipinski definition) is 2. The van der Waals surface area contributed by atoms with Gasteiger partial charge in [-0.1, -0.05) is 0 Å². The van der Waals surface area contributed by atoms with Crippen molar-refractivity contribution in [2.45, 2.75) is 25.4 Å². The Labute approximate surface area is 113 Å². The monoisotopic (exact) mass is 267 g/mol. The molecule has 0 aromatic heterocycles. The van der Waals surface area contributed by atoms with E-state index in [1.807, 2.05) is 23.2 Å². The number of halogens is 1. The van der Waals surface area contributed by atoms with Gasteiger partial charge in [0.1, 0.15) is 11.9 Å². The van der Waals surface area contributed by atoms with E-state index in [0.717, 1.165) is 42.9 Å². The Bertz CT molecular complexity index is 414. The molecule has 1 aromatic rings. The molecule has 4 nitrogen and oxygen atoms in total. The summed E-state index contributed by atoms with van der Waals surface area (Å²) in [6.07, 6.45) is 1.69. The van der Waals surface area contributed by atoms with Crippen LogP contribution in [0, 0.1) is 0 Å². The van der Waals surface area contributed by atoms with Gasteiger partial charge in [-0.3, -0.25) is 5.43 Å². The van der Waals surface area contributed by atoms with Crippen molar-refractivity contribution >= 4 is 5.69 Å². The number of methoxy groups -OCH3 is 1. The lowest BCUT2D eigenvalue weighted by atomic mass is 10.1. The summed E-state index contributed by atoms with van der Waals surface area (Å²) in [6, 6.07) is 5.66. The number of rotatable bonds is 5. The van der Waals surface area contributed by atoms with E-state index in [4.69, 9.17) is 10.5 Å². The van der Waals surface area contributed by atoms with Gasteiger partial charge in [0.05, 0.1) is 7.11 Å². The van der Waals surface area contributed by atoms with Crippen molar-refractivity contribution in [2.75, 3.05) is 32.5 Å². The van der Waals surface area contributed by atoms with Crippen LogP contribution < -0.4 is 15.9 Å². The van der Waals surface area contributed by atoms with Crippen LogP contribution in [0.4, 0.5) is 10.1 Å².